The van der Waals surface area contributed by atoms with Crippen molar-refractivity contribution >= 4 is 5.91 Å². The minimum atomic E-state index is -0.0695. The van der Waals surface area contributed by atoms with Gasteiger partial charge in [0.25, 0.3) is 5.91 Å². The van der Waals surface area contributed by atoms with Crippen LogP contribution in [0.3, 0.4) is 0 Å². The van der Waals surface area contributed by atoms with Crippen molar-refractivity contribution < 1.29 is 9.90 Å². The molecule has 2 atom stereocenters. The Morgan fingerprint density at radius 3 is 2.78 bits per heavy atom. The first-order valence-corrected chi connectivity index (χ1v) is 8.08. The summed E-state index contributed by atoms with van der Waals surface area (Å²) in [4.78, 5) is 14.7. The number of carbonyl (C=O) groups is 1. The Kier molecular flexibility index (Phi) is 3.54. The second-order valence-corrected chi connectivity index (χ2v) is 6.53. The normalized spacial score (nSPS) is 23.7. The Morgan fingerprint density at radius 1 is 1.13 bits per heavy atom. The average Bonchev–Trinajstić information content (AvgIpc) is 2.91. The molecule has 0 bridgehead atoms. The summed E-state index contributed by atoms with van der Waals surface area (Å²) < 4.78 is 0. The van der Waals surface area contributed by atoms with E-state index in [1.165, 1.54) is 5.56 Å². The van der Waals surface area contributed by atoms with Gasteiger partial charge in [-0.3, -0.25) is 9.69 Å². The maximum absolute atomic E-state index is 12.2. The van der Waals surface area contributed by atoms with Gasteiger partial charge in [0.1, 0.15) is 5.75 Å². The summed E-state index contributed by atoms with van der Waals surface area (Å²) >= 11 is 0. The number of fused-ring (bicyclic) bond motifs is 3. The fraction of sp³-hybridized carbons (Fsp3) is 0.316. The Hall–Kier alpha value is -2.33. The van der Waals surface area contributed by atoms with Gasteiger partial charge in [-0.1, -0.05) is 36.4 Å². The molecule has 1 saturated heterocycles. The molecule has 2 aromatic rings. The number of amides is 1. The molecule has 4 heteroatoms. The van der Waals surface area contributed by atoms with E-state index in [1.54, 1.807) is 12.1 Å². The Labute approximate surface area is 135 Å². The van der Waals surface area contributed by atoms with E-state index in [2.05, 4.69) is 34.5 Å². The molecular weight excluding hydrogens is 288 g/mol. The zero-order valence-electron chi connectivity index (χ0n) is 12.9. The van der Waals surface area contributed by atoms with Gasteiger partial charge in [0.2, 0.25) is 0 Å². The lowest BCUT2D eigenvalue weighted by Crippen LogP contribution is -2.29. The molecule has 2 aliphatic heterocycles. The molecule has 0 aromatic heterocycles. The predicted octanol–water partition coefficient (Wildman–Crippen LogP) is 2.35. The number of rotatable bonds is 2. The zero-order chi connectivity index (χ0) is 15.8. The predicted molar refractivity (Wildman–Crippen MR) is 88.4 cm³/mol. The van der Waals surface area contributed by atoms with E-state index < -0.39 is 0 Å². The third kappa shape index (κ3) is 2.70. The summed E-state index contributed by atoms with van der Waals surface area (Å²) in [5.41, 5.74) is 3.01. The van der Waals surface area contributed by atoms with Gasteiger partial charge >= 0.3 is 0 Å². The number of nitrogens with zero attached hydrogens (tertiary/aromatic N) is 1. The van der Waals surface area contributed by atoms with Crippen LogP contribution in [-0.2, 0) is 6.54 Å². The third-order valence-corrected chi connectivity index (χ3v) is 4.97. The van der Waals surface area contributed by atoms with E-state index in [0.29, 0.717) is 23.9 Å². The van der Waals surface area contributed by atoms with Crippen LogP contribution in [0.25, 0.3) is 0 Å². The van der Waals surface area contributed by atoms with Gasteiger partial charge in [-0.2, -0.15) is 0 Å². The Balaban J connectivity index is 1.60. The highest BCUT2D eigenvalue weighted by Crippen LogP contribution is 2.37. The lowest BCUT2D eigenvalue weighted by molar-refractivity contribution is 0.0950. The fourth-order valence-corrected chi connectivity index (χ4v) is 3.87. The molecule has 1 fully saturated rings. The molecule has 118 valence electrons. The van der Waals surface area contributed by atoms with Gasteiger partial charge in [-0.15, -0.1) is 0 Å². The van der Waals surface area contributed by atoms with Gasteiger partial charge in [0.15, 0.2) is 0 Å². The first-order chi connectivity index (χ1) is 11.2. The quantitative estimate of drug-likeness (QED) is 0.895. The van der Waals surface area contributed by atoms with E-state index in [1.807, 2.05) is 12.1 Å². The summed E-state index contributed by atoms with van der Waals surface area (Å²) in [7, 11) is 0. The topological polar surface area (TPSA) is 52.6 Å². The number of aromatic hydroxyl groups is 1. The van der Waals surface area contributed by atoms with Crippen LogP contribution in [0.5, 0.6) is 5.75 Å². The van der Waals surface area contributed by atoms with Crippen molar-refractivity contribution in [1.82, 2.24) is 10.2 Å². The molecule has 1 amide bonds. The highest BCUT2D eigenvalue weighted by Gasteiger charge is 2.38. The van der Waals surface area contributed by atoms with Crippen LogP contribution in [0.4, 0.5) is 0 Å². The van der Waals surface area contributed by atoms with E-state index >= 15 is 0 Å². The largest absolute Gasteiger partial charge is 0.508 e. The van der Waals surface area contributed by atoms with Crippen molar-refractivity contribution in [2.75, 3.05) is 19.6 Å². The highest BCUT2D eigenvalue weighted by atomic mass is 16.3. The minimum absolute atomic E-state index is 0.0695. The number of phenols is 1. The molecule has 2 heterocycles. The van der Waals surface area contributed by atoms with E-state index in [9.17, 15) is 9.90 Å². The highest BCUT2D eigenvalue weighted by molar-refractivity contribution is 5.96. The smallest absolute Gasteiger partial charge is 0.251 e. The van der Waals surface area contributed by atoms with Crippen LogP contribution in [0.2, 0.25) is 0 Å². The molecular formula is C19H20N2O2. The van der Waals surface area contributed by atoms with Crippen molar-refractivity contribution in [3.05, 3.63) is 65.2 Å². The zero-order valence-corrected chi connectivity index (χ0v) is 12.9. The van der Waals surface area contributed by atoms with Gasteiger partial charge < -0.3 is 10.4 Å². The van der Waals surface area contributed by atoms with E-state index in [0.717, 1.165) is 25.2 Å². The first kappa shape index (κ1) is 14.3. The Morgan fingerprint density at radius 2 is 1.96 bits per heavy atom. The third-order valence-electron chi connectivity index (χ3n) is 4.97. The molecule has 2 aliphatic rings. The molecule has 0 saturated carbocycles. The number of phenolic OH excluding ortho intramolecular Hbond substituents is 1. The van der Waals surface area contributed by atoms with Crippen LogP contribution in [0.15, 0.2) is 48.5 Å². The van der Waals surface area contributed by atoms with Crippen LogP contribution in [-0.4, -0.2) is 35.5 Å². The fourth-order valence-electron chi connectivity index (χ4n) is 3.87. The van der Waals surface area contributed by atoms with Crippen molar-refractivity contribution in [2.45, 2.75) is 12.5 Å². The summed E-state index contributed by atoms with van der Waals surface area (Å²) in [6.07, 6.45) is 0. The molecule has 0 spiro atoms. The van der Waals surface area contributed by atoms with Crippen molar-refractivity contribution in [3.8, 4) is 5.75 Å². The van der Waals surface area contributed by atoms with E-state index in [-0.39, 0.29) is 11.7 Å². The maximum Gasteiger partial charge on any atom is 0.251 e. The molecule has 2 aromatic carbocycles. The van der Waals surface area contributed by atoms with Gasteiger partial charge in [0.05, 0.1) is 0 Å². The SMILES string of the molecule is O=C1NC[C@H]2CN(Cc3ccccc3)C[C@@H]2c2ccc(O)cc21. The van der Waals surface area contributed by atoms with Crippen molar-refractivity contribution in [2.24, 2.45) is 5.92 Å². The number of hydrogen-bond donors (Lipinski definition) is 2. The molecule has 0 radical (unpaired) electrons. The molecule has 0 aliphatic carbocycles. The number of hydrogen-bond acceptors (Lipinski definition) is 3. The second-order valence-electron chi connectivity index (χ2n) is 6.53. The van der Waals surface area contributed by atoms with Crippen LogP contribution in [0, 0.1) is 5.92 Å². The summed E-state index contributed by atoms with van der Waals surface area (Å²) in [5.74, 6) is 0.845. The van der Waals surface area contributed by atoms with E-state index in [4.69, 9.17) is 0 Å². The lowest BCUT2D eigenvalue weighted by Gasteiger charge is -2.17. The molecule has 4 rings (SSSR count). The lowest BCUT2D eigenvalue weighted by atomic mass is 9.87. The second kappa shape index (κ2) is 5.70. The Bertz CT molecular complexity index is 729. The molecule has 2 N–H and O–H groups in total. The van der Waals surface area contributed by atoms with Crippen LogP contribution < -0.4 is 5.32 Å². The maximum atomic E-state index is 12.2. The number of carbonyl (C=O) groups excluding carboxylic acids is 1. The first-order valence-electron chi connectivity index (χ1n) is 8.08. The van der Waals surface area contributed by atoms with Gasteiger partial charge in [0, 0.05) is 37.7 Å². The van der Waals surface area contributed by atoms with Gasteiger partial charge in [-0.25, -0.2) is 0 Å². The van der Waals surface area contributed by atoms with Crippen molar-refractivity contribution in [1.29, 1.82) is 0 Å². The van der Waals surface area contributed by atoms with Crippen LogP contribution >= 0.6 is 0 Å². The number of likely N-dealkylation sites (tertiary alicyclic amines) is 1. The standard InChI is InChI=1S/C19H20N2O2/c22-15-6-7-16-17(8-15)19(23)20-9-14-11-21(12-18(14)16)10-13-4-2-1-3-5-13/h1-8,14,18,22H,9-12H2,(H,20,23)/t14-,18-/m0/s1. The number of benzene rings is 2. The van der Waals surface area contributed by atoms with Crippen molar-refractivity contribution in [3.63, 3.8) is 0 Å². The average molecular weight is 308 g/mol. The van der Waals surface area contributed by atoms with Crippen LogP contribution in [0.1, 0.15) is 27.4 Å². The monoisotopic (exact) mass is 308 g/mol. The van der Waals surface area contributed by atoms with Gasteiger partial charge in [-0.05, 0) is 29.2 Å². The summed E-state index contributed by atoms with van der Waals surface area (Å²) in [6.45, 7) is 3.58. The molecule has 4 nitrogen and oxygen atoms in total. The summed E-state index contributed by atoms with van der Waals surface area (Å²) in [5, 5.41) is 12.7. The minimum Gasteiger partial charge on any atom is -0.508 e. The summed E-state index contributed by atoms with van der Waals surface area (Å²) in [6, 6.07) is 15.7. The number of nitrogens with one attached hydrogen (secondary N) is 1. The molecule has 23 heavy (non-hydrogen) atoms. The molecule has 0 unspecified atom stereocenters.